The third-order valence-electron chi connectivity index (χ3n) is 4.29. The van der Waals surface area contributed by atoms with Gasteiger partial charge in [-0.05, 0) is 32.4 Å². The Morgan fingerprint density at radius 3 is 2.94 bits per heavy atom. The molecule has 18 heavy (non-hydrogen) atoms. The van der Waals surface area contributed by atoms with Crippen molar-refractivity contribution in [3.05, 3.63) is 29.8 Å². The van der Waals surface area contributed by atoms with Crippen molar-refractivity contribution in [3.8, 4) is 5.75 Å². The largest absolute Gasteiger partial charge is 0.491 e. The summed E-state index contributed by atoms with van der Waals surface area (Å²) in [5, 5.41) is 10.6. The zero-order valence-electron chi connectivity index (χ0n) is 10.9. The molecule has 3 heteroatoms. The Labute approximate surface area is 108 Å². The zero-order chi connectivity index (χ0) is 12.5. The SMILES string of the molecule is CC1CCCCN1C1COc2ccccc2C1O. The van der Waals surface area contributed by atoms with Crippen LogP contribution in [0.4, 0.5) is 0 Å². The van der Waals surface area contributed by atoms with Crippen LogP contribution in [0.25, 0.3) is 0 Å². The van der Waals surface area contributed by atoms with Gasteiger partial charge in [-0.25, -0.2) is 0 Å². The van der Waals surface area contributed by atoms with E-state index in [-0.39, 0.29) is 6.04 Å². The number of piperidine rings is 1. The van der Waals surface area contributed by atoms with E-state index in [0.717, 1.165) is 17.9 Å². The topological polar surface area (TPSA) is 32.7 Å². The first kappa shape index (κ1) is 12.0. The molecule has 3 rings (SSSR count). The van der Waals surface area contributed by atoms with Crippen LogP contribution in [0.15, 0.2) is 24.3 Å². The van der Waals surface area contributed by atoms with Gasteiger partial charge < -0.3 is 9.84 Å². The van der Waals surface area contributed by atoms with E-state index in [1.54, 1.807) is 0 Å². The fraction of sp³-hybridized carbons (Fsp3) is 0.600. The van der Waals surface area contributed by atoms with Crippen LogP contribution in [0.1, 0.15) is 37.9 Å². The summed E-state index contributed by atoms with van der Waals surface area (Å²) in [5.41, 5.74) is 0.937. The van der Waals surface area contributed by atoms with Crippen molar-refractivity contribution in [1.82, 2.24) is 4.90 Å². The molecule has 1 aromatic rings. The van der Waals surface area contributed by atoms with Crippen LogP contribution < -0.4 is 4.74 Å². The Morgan fingerprint density at radius 1 is 1.28 bits per heavy atom. The molecule has 3 atom stereocenters. The maximum absolute atomic E-state index is 10.6. The molecule has 1 saturated heterocycles. The van der Waals surface area contributed by atoms with Crippen LogP contribution in [0.3, 0.4) is 0 Å². The standard InChI is InChI=1S/C15H21NO2/c1-11-6-4-5-9-16(11)13-10-18-14-8-3-2-7-12(14)15(13)17/h2-3,7-8,11,13,15,17H,4-6,9-10H2,1H3. The van der Waals surface area contributed by atoms with Crippen LogP contribution in [-0.4, -0.2) is 35.2 Å². The van der Waals surface area contributed by atoms with E-state index in [4.69, 9.17) is 4.74 Å². The molecule has 0 aromatic heterocycles. The van der Waals surface area contributed by atoms with Gasteiger partial charge in [0.2, 0.25) is 0 Å². The van der Waals surface area contributed by atoms with E-state index < -0.39 is 6.10 Å². The maximum atomic E-state index is 10.6. The van der Waals surface area contributed by atoms with E-state index in [9.17, 15) is 5.11 Å². The Morgan fingerprint density at radius 2 is 2.11 bits per heavy atom. The van der Waals surface area contributed by atoms with Crippen molar-refractivity contribution in [1.29, 1.82) is 0 Å². The first-order valence-corrected chi connectivity index (χ1v) is 6.93. The van der Waals surface area contributed by atoms with Crippen molar-refractivity contribution in [3.63, 3.8) is 0 Å². The molecular weight excluding hydrogens is 226 g/mol. The summed E-state index contributed by atoms with van der Waals surface area (Å²) >= 11 is 0. The minimum Gasteiger partial charge on any atom is -0.491 e. The number of aliphatic hydroxyl groups excluding tert-OH is 1. The first-order chi connectivity index (χ1) is 8.77. The number of likely N-dealkylation sites (tertiary alicyclic amines) is 1. The Hall–Kier alpha value is -1.06. The molecule has 2 aliphatic heterocycles. The summed E-state index contributed by atoms with van der Waals surface area (Å²) in [5.74, 6) is 0.839. The Kier molecular flexibility index (Phi) is 3.27. The second-order valence-corrected chi connectivity index (χ2v) is 5.44. The highest BCUT2D eigenvalue weighted by Crippen LogP contribution is 2.35. The molecule has 0 spiro atoms. The molecule has 2 aliphatic rings. The summed E-state index contributed by atoms with van der Waals surface area (Å²) in [4.78, 5) is 2.42. The lowest BCUT2D eigenvalue weighted by atomic mass is 9.94. The van der Waals surface area contributed by atoms with Crippen molar-refractivity contribution < 1.29 is 9.84 Å². The Balaban J connectivity index is 1.83. The molecule has 0 bridgehead atoms. The lowest BCUT2D eigenvalue weighted by Crippen LogP contribution is -2.51. The average molecular weight is 247 g/mol. The third kappa shape index (κ3) is 2.02. The molecule has 3 nitrogen and oxygen atoms in total. The molecule has 98 valence electrons. The average Bonchev–Trinajstić information content (AvgIpc) is 2.41. The summed E-state index contributed by atoms with van der Waals surface area (Å²) < 4.78 is 5.81. The first-order valence-electron chi connectivity index (χ1n) is 6.93. The van der Waals surface area contributed by atoms with E-state index in [2.05, 4.69) is 11.8 Å². The predicted octanol–water partition coefficient (Wildman–Crippen LogP) is 2.36. The normalized spacial score (nSPS) is 32.7. The van der Waals surface area contributed by atoms with Gasteiger partial charge in [-0.2, -0.15) is 0 Å². The van der Waals surface area contributed by atoms with Crippen LogP contribution in [0, 0.1) is 0 Å². The zero-order valence-corrected chi connectivity index (χ0v) is 10.9. The number of hydrogen-bond acceptors (Lipinski definition) is 3. The highest BCUT2D eigenvalue weighted by molar-refractivity contribution is 5.37. The molecule has 0 saturated carbocycles. The van der Waals surface area contributed by atoms with Crippen molar-refractivity contribution >= 4 is 0 Å². The minimum atomic E-state index is -0.421. The molecule has 1 fully saturated rings. The van der Waals surface area contributed by atoms with Gasteiger partial charge in [0.1, 0.15) is 18.5 Å². The van der Waals surface area contributed by atoms with Crippen LogP contribution >= 0.6 is 0 Å². The molecule has 2 heterocycles. The fourth-order valence-electron chi connectivity index (χ4n) is 3.22. The van der Waals surface area contributed by atoms with Crippen LogP contribution in [0.2, 0.25) is 0 Å². The summed E-state index contributed by atoms with van der Waals surface area (Å²) in [6.07, 6.45) is 3.34. The second-order valence-electron chi connectivity index (χ2n) is 5.44. The highest BCUT2D eigenvalue weighted by Gasteiger charge is 2.36. The lowest BCUT2D eigenvalue weighted by Gasteiger charge is -2.43. The summed E-state index contributed by atoms with van der Waals surface area (Å²) in [6, 6.07) is 8.49. The van der Waals surface area contributed by atoms with Crippen molar-refractivity contribution in [2.45, 2.75) is 44.4 Å². The van der Waals surface area contributed by atoms with E-state index in [0.29, 0.717) is 12.6 Å². The van der Waals surface area contributed by atoms with E-state index >= 15 is 0 Å². The van der Waals surface area contributed by atoms with Gasteiger partial charge in [-0.3, -0.25) is 4.90 Å². The van der Waals surface area contributed by atoms with Crippen molar-refractivity contribution in [2.75, 3.05) is 13.2 Å². The number of benzene rings is 1. The van der Waals surface area contributed by atoms with Crippen molar-refractivity contribution in [2.24, 2.45) is 0 Å². The van der Waals surface area contributed by atoms with Gasteiger partial charge in [0.05, 0.1) is 6.04 Å². The number of ether oxygens (including phenoxy) is 1. The molecule has 1 N–H and O–H groups in total. The molecule has 0 amide bonds. The van der Waals surface area contributed by atoms with Gasteiger partial charge >= 0.3 is 0 Å². The number of fused-ring (bicyclic) bond motifs is 1. The van der Waals surface area contributed by atoms with Gasteiger partial charge in [-0.1, -0.05) is 24.6 Å². The van der Waals surface area contributed by atoms with E-state index in [1.807, 2.05) is 24.3 Å². The molecule has 1 aromatic carbocycles. The molecule has 0 aliphatic carbocycles. The minimum absolute atomic E-state index is 0.107. The van der Waals surface area contributed by atoms with Crippen LogP contribution in [0.5, 0.6) is 5.75 Å². The fourth-order valence-corrected chi connectivity index (χ4v) is 3.22. The van der Waals surface area contributed by atoms with Gasteiger partial charge in [0, 0.05) is 11.6 Å². The van der Waals surface area contributed by atoms with Crippen LogP contribution in [-0.2, 0) is 0 Å². The Bertz CT molecular complexity index is 421. The van der Waals surface area contributed by atoms with Gasteiger partial charge in [-0.15, -0.1) is 0 Å². The second kappa shape index (κ2) is 4.90. The number of hydrogen-bond donors (Lipinski definition) is 1. The highest BCUT2D eigenvalue weighted by atomic mass is 16.5. The van der Waals surface area contributed by atoms with E-state index in [1.165, 1.54) is 19.3 Å². The monoisotopic (exact) mass is 247 g/mol. The number of rotatable bonds is 1. The number of nitrogens with zero attached hydrogens (tertiary/aromatic N) is 1. The molecular formula is C15H21NO2. The maximum Gasteiger partial charge on any atom is 0.125 e. The van der Waals surface area contributed by atoms with Gasteiger partial charge in [0.25, 0.3) is 0 Å². The third-order valence-corrected chi connectivity index (χ3v) is 4.29. The lowest BCUT2D eigenvalue weighted by molar-refractivity contribution is -0.0246. The predicted molar refractivity (Wildman–Crippen MR) is 70.7 cm³/mol. The molecule has 0 radical (unpaired) electrons. The smallest absolute Gasteiger partial charge is 0.125 e. The summed E-state index contributed by atoms with van der Waals surface area (Å²) in [6.45, 7) is 3.93. The summed E-state index contributed by atoms with van der Waals surface area (Å²) in [7, 11) is 0. The quantitative estimate of drug-likeness (QED) is 0.827. The number of aliphatic hydroxyl groups is 1. The number of para-hydroxylation sites is 1. The van der Waals surface area contributed by atoms with Gasteiger partial charge in [0.15, 0.2) is 0 Å². The molecule has 3 unspecified atom stereocenters.